The molecule has 2 fully saturated rings. The molecule has 0 saturated heterocycles. The molecule has 0 amide bonds. The van der Waals surface area contributed by atoms with Crippen LogP contribution < -0.4 is 0 Å². The molecule has 5 heteroatoms. The molecule has 2 aliphatic rings. The summed E-state index contributed by atoms with van der Waals surface area (Å²) in [6, 6.07) is 10.6. The van der Waals surface area contributed by atoms with Crippen LogP contribution in [0.25, 0.3) is 0 Å². The Kier molecular flexibility index (Phi) is 3.66. The van der Waals surface area contributed by atoms with Crippen molar-refractivity contribution in [3.8, 4) is 0 Å². The van der Waals surface area contributed by atoms with Crippen molar-refractivity contribution in [2.24, 2.45) is 13.0 Å². The van der Waals surface area contributed by atoms with E-state index in [4.69, 9.17) is 5.11 Å². The summed E-state index contributed by atoms with van der Waals surface area (Å²) < 4.78 is 2.17. The fourth-order valence-electron chi connectivity index (χ4n) is 4.24. The molecule has 2 saturated carbocycles. The third-order valence-corrected chi connectivity index (χ3v) is 5.85. The minimum absolute atomic E-state index is 0.0273. The highest BCUT2D eigenvalue weighted by molar-refractivity contribution is 5.70. The van der Waals surface area contributed by atoms with Crippen LogP contribution in [0.5, 0.6) is 0 Å². The van der Waals surface area contributed by atoms with Gasteiger partial charge in [-0.05, 0) is 44.1 Å². The average molecular weight is 325 g/mol. The Hall–Kier alpha value is -2.17. The van der Waals surface area contributed by atoms with Gasteiger partial charge < -0.3 is 9.67 Å². The molecule has 126 valence electrons. The Morgan fingerprint density at radius 2 is 1.79 bits per heavy atom. The van der Waals surface area contributed by atoms with Gasteiger partial charge in [0.1, 0.15) is 11.6 Å². The number of carbonyl (C=O) groups is 1. The summed E-state index contributed by atoms with van der Waals surface area (Å²) in [5.74, 6) is 1.57. The third kappa shape index (κ3) is 2.43. The van der Waals surface area contributed by atoms with Crippen LogP contribution in [0.4, 0.5) is 0 Å². The van der Waals surface area contributed by atoms with Crippen molar-refractivity contribution in [1.82, 2.24) is 14.8 Å². The lowest BCUT2D eigenvalue weighted by atomic mass is 9.81. The first kappa shape index (κ1) is 15.4. The minimum Gasteiger partial charge on any atom is -0.481 e. The number of aromatic nitrogens is 3. The molecule has 0 unspecified atom stereocenters. The first-order chi connectivity index (χ1) is 11.6. The van der Waals surface area contributed by atoms with Crippen molar-refractivity contribution in [3.05, 3.63) is 47.5 Å². The second-order valence-electron chi connectivity index (χ2n) is 7.28. The molecule has 1 N–H and O–H groups in total. The summed E-state index contributed by atoms with van der Waals surface area (Å²) in [4.78, 5) is 11.1. The summed E-state index contributed by atoms with van der Waals surface area (Å²) in [5.41, 5.74) is 1.35. The van der Waals surface area contributed by atoms with Crippen LogP contribution in [-0.4, -0.2) is 25.8 Å². The first-order valence-corrected chi connectivity index (χ1v) is 8.80. The van der Waals surface area contributed by atoms with Crippen LogP contribution in [0.1, 0.15) is 61.7 Å². The van der Waals surface area contributed by atoms with Gasteiger partial charge >= 0.3 is 5.97 Å². The average Bonchev–Trinajstić information content (AvgIpc) is 3.33. The molecule has 1 aromatic carbocycles. The highest BCUT2D eigenvalue weighted by Crippen LogP contribution is 2.53. The molecule has 1 aromatic heterocycles. The standard InChI is InChI=1S/C19H23N3O2/c1-22-16(13-7-9-14(10-8-13)17(23)24)20-21-18(22)19(11-12-19)15-5-3-2-4-6-15/h2-6,13-14H,7-12H2,1H3,(H,23,24). The molecule has 0 spiro atoms. The van der Waals surface area contributed by atoms with Crippen LogP contribution in [0.15, 0.2) is 30.3 Å². The van der Waals surface area contributed by atoms with Crippen molar-refractivity contribution >= 4 is 5.97 Å². The van der Waals surface area contributed by atoms with Gasteiger partial charge in [-0.3, -0.25) is 4.79 Å². The molecule has 0 aliphatic heterocycles. The van der Waals surface area contributed by atoms with Gasteiger partial charge in [0.05, 0.1) is 11.3 Å². The van der Waals surface area contributed by atoms with Gasteiger partial charge in [0.15, 0.2) is 0 Å². The van der Waals surface area contributed by atoms with E-state index in [-0.39, 0.29) is 11.3 Å². The molecular formula is C19H23N3O2. The highest BCUT2D eigenvalue weighted by Gasteiger charge is 2.50. The molecule has 24 heavy (non-hydrogen) atoms. The minimum atomic E-state index is -0.659. The Balaban J connectivity index is 1.58. The lowest BCUT2D eigenvalue weighted by Crippen LogP contribution is -2.22. The monoisotopic (exact) mass is 325 g/mol. The van der Waals surface area contributed by atoms with E-state index < -0.39 is 5.97 Å². The smallest absolute Gasteiger partial charge is 0.306 e. The zero-order chi connectivity index (χ0) is 16.7. The van der Waals surface area contributed by atoms with Gasteiger partial charge in [0.2, 0.25) is 0 Å². The van der Waals surface area contributed by atoms with Gasteiger partial charge in [-0.25, -0.2) is 0 Å². The number of nitrogens with zero attached hydrogens (tertiary/aromatic N) is 3. The third-order valence-electron chi connectivity index (χ3n) is 5.85. The number of hydrogen-bond donors (Lipinski definition) is 1. The quantitative estimate of drug-likeness (QED) is 0.937. The fraction of sp³-hybridized carbons (Fsp3) is 0.526. The van der Waals surface area contributed by atoms with Gasteiger partial charge in [-0.15, -0.1) is 10.2 Å². The van der Waals surface area contributed by atoms with Crippen LogP contribution >= 0.6 is 0 Å². The van der Waals surface area contributed by atoms with Crippen molar-refractivity contribution < 1.29 is 9.90 Å². The zero-order valence-corrected chi connectivity index (χ0v) is 14.0. The van der Waals surface area contributed by atoms with Crippen LogP contribution in [-0.2, 0) is 17.3 Å². The van der Waals surface area contributed by atoms with E-state index in [2.05, 4.69) is 46.1 Å². The van der Waals surface area contributed by atoms with E-state index in [9.17, 15) is 4.79 Å². The molecule has 2 aliphatic carbocycles. The number of carboxylic acids is 1. The second kappa shape index (κ2) is 5.72. The second-order valence-corrected chi connectivity index (χ2v) is 7.28. The Labute approximate surface area is 141 Å². The molecule has 5 nitrogen and oxygen atoms in total. The largest absolute Gasteiger partial charge is 0.481 e. The summed E-state index contributed by atoms with van der Waals surface area (Å²) in [6.45, 7) is 0. The van der Waals surface area contributed by atoms with E-state index >= 15 is 0 Å². The summed E-state index contributed by atoms with van der Waals surface area (Å²) in [7, 11) is 2.07. The Morgan fingerprint density at radius 3 is 2.38 bits per heavy atom. The zero-order valence-electron chi connectivity index (χ0n) is 14.0. The Bertz CT molecular complexity index is 741. The number of benzene rings is 1. The lowest BCUT2D eigenvalue weighted by Gasteiger charge is -2.25. The summed E-state index contributed by atoms with van der Waals surface area (Å²) >= 11 is 0. The van der Waals surface area contributed by atoms with E-state index in [1.807, 2.05) is 6.07 Å². The Morgan fingerprint density at radius 1 is 1.12 bits per heavy atom. The topological polar surface area (TPSA) is 68.0 Å². The van der Waals surface area contributed by atoms with Crippen LogP contribution in [0.2, 0.25) is 0 Å². The van der Waals surface area contributed by atoms with Gasteiger partial charge in [0, 0.05) is 13.0 Å². The van der Waals surface area contributed by atoms with E-state index in [1.165, 1.54) is 5.56 Å². The van der Waals surface area contributed by atoms with Gasteiger partial charge in [-0.2, -0.15) is 0 Å². The van der Waals surface area contributed by atoms with Gasteiger partial charge in [-0.1, -0.05) is 30.3 Å². The molecule has 0 radical (unpaired) electrons. The lowest BCUT2D eigenvalue weighted by molar-refractivity contribution is -0.142. The number of hydrogen-bond acceptors (Lipinski definition) is 3. The molecule has 0 atom stereocenters. The van der Waals surface area contributed by atoms with Crippen LogP contribution in [0, 0.1) is 5.92 Å². The number of rotatable bonds is 4. The number of aliphatic carboxylic acids is 1. The molecular weight excluding hydrogens is 302 g/mol. The van der Waals surface area contributed by atoms with Crippen molar-refractivity contribution in [1.29, 1.82) is 0 Å². The molecule has 1 heterocycles. The maximum Gasteiger partial charge on any atom is 0.306 e. The normalized spacial score (nSPS) is 25.4. The summed E-state index contributed by atoms with van der Waals surface area (Å²) in [5, 5.41) is 18.2. The predicted molar refractivity (Wildman–Crippen MR) is 89.8 cm³/mol. The molecule has 0 bridgehead atoms. The molecule has 4 rings (SSSR count). The van der Waals surface area contributed by atoms with Crippen molar-refractivity contribution in [2.75, 3.05) is 0 Å². The highest BCUT2D eigenvalue weighted by atomic mass is 16.4. The maximum absolute atomic E-state index is 11.1. The molecule has 2 aromatic rings. The predicted octanol–water partition coefficient (Wildman–Crippen LogP) is 3.25. The van der Waals surface area contributed by atoms with Gasteiger partial charge in [0.25, 0.3) is 0 Å². The van der Waals surface area contributed by atoms with E-state index in [0.717, 1.165) is 50.2 Å². The fourth-order valence-corrected chi connectivity index (χ4v) is 4.24. The van der Waals surface area contributed by atoms with E-state index in [1.54, 1.807) is 0 Å². The number of carboxylic acid groups (broad SMARTS) is 1. The SMILES string of the molecule is Cn1c(C2CCC(C(=O)O)CC2)nnc1C1(c2ccccc2)CC1. The van der Waals surface area contributed by atoms with Crippen molar-refractivity contribution in [2.45, 2.75) is 49.9 Å². The summed E-state index contributed by atoms with van der Waals surface area (Å²) in [6.07, 6.45) is 5.50. The van der Waals surface area contributed by atoms with Crippen molar-refractivity contribution in [3.63, 3.8) is 0 Å². The van der Waals surface area contributed by atoms with Crippen LogP contribution in [0.3, 0.4) is 0 Å². The first-order valence-electron chi connectivity index (χ1n) is 8.80. The maximum atomic E-state index is 11.1. The van der Waals surface area contributed by atoms with E-state index in [0.29, 0.717) is 5.92 Å².